The van der Waals surface area contributed by atoms with E-state index in [1.165, 1.54) is 12.1 Å². The third kappa shape index (κ3) is 4.26. The van der Waals surface area contributed by atoms with E-state index in [9.17, 15) is 22.8 Å². The van der Waals surface area contributed by atoms with Gasteiger partial charge in [-0.05, 0) is 36.8 Å². The molecule has 2 amide bonds. The van der Waals surface area contributed by atoms with Crippen LogP contribution in [0.15, 0.2) is 46.9 Å². The number of halogens is 3. The number of hydrogen-bond donors (Lipinski definition) is 2. The normalized spacial score (nSPS) is 22.3. The van der Waals surface area contributed by atoms with E-state index in [0.717, 1.165) is 12.1 Å². The lowest BCUT2D eigenvalue weighted by molar-refractivity contribution is -0.129. The highest BCUT2D eigenvalue weighted by Gasteiger charge is 2.44. The highest BCUT2D eigenvalue weighted by molar-refractivity contribution is 5.94. The van der Waals surface area contributed by atoms with Crippen LogP contribution in [0.3, 0.4) is 0 Å². The molecule has 34 heavy (non-hydrogen) atoms. The molecule has 11 heteroatoms. The lowest BCUT2D eigenvalue weighted by Crippen LogP contribution is -2.58. The minimum Gasteiger partial charge on any atom is -0.421 e. The molecule has 2 N–H and O–H groups in total. The standard InChI is InChI=1S/C23H20F3N5O3/c24-16-4-2-1-3-15(16)23-30-29-20(34-23)9-14-10-27-22(33)19-8-13(11-31(14)19)28-21(32)12-5-6-17(25)18(26)7-12/h1-7,13-14,19H,8-11H2,(H,27,33)(H,28,32)/t13-,14+,19-/m0/s1. The van der Waals surface area contributed by atoms with Crippen molar-refractivity contribution in [1.29, 1.82) is 0 Å². The van der Waals surface area contributed by atoms with Gasteiger partial charge in [-0.1, -0.05) is 12.1 Å². The van der Waals surface area contributed by atoms with E-state index in [1.54, 1.807) is 18.2 Å². The minimum absolute atomic E-state index is 0.00342. The van der Waals surface area contributed by atoms with Crippen molar-refractivity contribution >= 4 is 11.8 Å². The van der Waals surface area contributed by atoms with Gasteiger partial charge < -0.3 is 15.1 Å². The number of nitrogens with zero attached hydrogens (tertiary/aromatic N) is 3. The second kappa shape index (κ2) is 8.90. The molecule has 2 fully saturated rings. The molecule has 0 aliphatic carbocycles. The molecule has 2 aromatic carbocycles. The number of nitrogens with one attached hydrogen (secondary N) is 2. The van der Waals surface area contributed by atoms with Gasteiger partial charge in [0.2, 0.25) is 11.8 Å². The second-order valence-corrected chi connectivity index (χ2v) is 8.33. The fraction of sp³-hybridized carbons (Fsp3) is 0.304. The number of benzene rings is 2. The second-order valence-electron chi connectivity index (χ2n) is 8.33. The van der Waals surface area contributed by atoms with Gasteiger partial charge in [-0.2, -0.15) is 0 Å². The summed E-state index contributed by atoms with van der Waals surface area (Å²) in [5.41, 5.74) is 0.202. The van der Waals surface area contributed by atoms with E-state index in [2.05, 4.69) is 20.8 Å². The van der Waals surface area contributed by atoms with E-state index in [1.807, 2.05) is 4.90 Å². The van der Waals surface area contributed by atoms with Crippen LogP contribution < -0.4 is 10.6 Å². The quantitative estimate of drug-likeness (QED) is 0.591. The van der Waals surface area contributed by atoms with Crippen molar-refractivity contribution in [1.82, 2.24) is 25.7 Å². The Morgan fingerprint density at radius 2 is 1.94 bits per heavy atom. The summed E-state index contributed by atoms with van der Waals surface area (Å²) < 4.78 is 46.3. The van der Waals surface area contributed by atoms with E-state index in [-0.39, 0.29) is 35.0 Å². The Bertz CT molecular complexity index is 1250. The van der Waals surface area contributed by atoms with Gasteiger partial charge in [-0.15, -0.1) is 10.2 Å². The molecule has 0 bridgehead atoms. The Morgan fingerprint density at radius 1 is 1.12 bits per heavy atom. The van der Waals surface area contributed by atoms with E-state index in [4.69, 9.17) is 4.42 Å². The Labute approximate surface area is 192 Å². The van der Waals surface area contributed by atoms with Crippen molar-refractivity contribution in [2.75, 3.05) is 13.1 Å². The molecule has 0 unspecified atom stereocenters. The number of piperazine rings is 1. The average molecular weight is 471 g/mol. The van der Waals surface area contributed by atoms with E-state index in [0.29, 0.717) is 31.8 Å². The van der Waals surface area contributed by atoms with Crippen LogP contribution in [-0.2, 0) is 11.2 Å². The SMILES string of the molecule is O=C(N[C@H]1C[C@H]2C(=O)NC[C@@H](Cc3nnc(-c4ccccc4F)o3)N2C1)c1ccc(F)c(F)c1. The highest BCUT2D eigenvalue weighted by atomic mass is 19.2. The first-order valence-corrected chi connectivity index (χ1v) is 10.8. The molecule has 1 aromatic heterocycles. The molecular weight excluding hydrogens is 451 g/mol. The molecule has 3 aromatic rings. The van der Waals surface area contributed by atoms with E-state index >= 15 is 0 Å². The maximum Gasteiger partial charge on any atom is 0.251 e. The molecule has 176 valence electrons. The van der Waals surface area contributed by atoms with Crippen molar-refractivity contribution in [3.63, 3.8) is 0 Å². The molecule has 0 saturated carbocycles. The van der Waals surface area contributed by atoms with Gasteiger partial charge in [0.1, 0.15) is 5.82 Å². The molecule has 2 aliphatic heterocycles. The monoisotopic (exact) mass is 471 g/mol. The molecule has 0 radical (unpaired) electrons. The number of rotatable bonds is 5. The summed E-state index contributed by atoms with van der Waals surface area (Å²) >= 11 is 0. The third-order valence-electron chi connectivity index (χ3n) is 6.12. The van der Waals surface area contributed by atoms with Crippen LogP contribution >= 0.6 is 0 Å². The summed E-state index contributed by atoms with van der Waals surface area (Å²) in [4.78, 5) is 26.9. The molecule has 2 aliphatic rings. The molecule has 0 spiro atoms. The number of hydrogen-bond acceptors (Lipinski definition) is 6. The van der Waals surface area contributed by atoms with Gasteiger partial charge in [0.25, 0.3) is 11.8 Å². The van der Waals surface area contributed by atoms with Gasteiger partial charge >= 0.3 is 0 Å². The lowest BCUT2D eigenvalue weighted by atomic mass is 10.1. The Kier molecular flexibility index (Phi) is 5.78. The number of carbonyl (C=O) groups excluding carboxylic acids is 2. The molecule has 5 rings (SSSR count). The molecule has 2 saturated heterocycles. The number of aromatic nitrogens is 2. The van der Waals surface area contributed by atoms with Crippen LogP contribution in [0.5, 0.6) is 0 Å². The predicted molar refractivity (Wildman–Crippen MR) is 113 cm³/mol. The topological polar surface area (TPSA) is 100 Å². The fourth-order valence-electron chi connectivity index (χ4n) is 4.46. The number of fused-ring (bicyclic) bond motifs is 1. The minimum atomic E-state index is -1.11. The van der Waals surface area contributed by atoms with Crippen LogP contribution in [-0.4, -0.2) is 58.1 Å². The van der Waals surface area contributed by atoms with Crippen LogP contribution in [0.1, 0.15) is 22.7 Å². The zero-order chi connectivity index (χ0) is 23.8. The van der Waals surface area contributed by atoms with Gasteiger partial charge in [0.15, 0.2) is 11.6 Å². The fourth-order valence-corrected chi connectivity index (χ4v) is 4.46. The van der Waals surface area contributed by atoms with Crippen LogP contribution in [0.25, 0.3) is 11.5 Å². The Hall–Kier alpha value is -3.73. The average Bonchev–Trinajstić information content (AvgIpc) is 3.45. The Morgan fingerprint density at radius 3 is 2.74 bits per heavy atom. The first kappa shape index (κ1) is 22.1. The first-order chi connectivity index (χ1) is 16.4. The van der Waals surface area contributed by atoms with Gasteiger partial charge in [-0.3, -0.25) is 14.5 Å². The van der Waals surface area contributed by atoms with Crippen LogP contribution in [0.4, 0.5) is 13.2 Å². The summed E-state index contributed by atoms with van der Waals surface area (Å²) in [7, 11) is 0. The van der Waals surface area contributed by atoms with Crippen molar-refractivity contribution in [3.8, 4) is 11.5 Å². The van der Waals surface area contributed by atoms with Crippen LogP contribution in [0, 0.1) is 17.5 Å². The lowest BCUT2D eigenvalue weighted by Gasteiger charge is -2.36. The summed E-state index contributed by atoms with van der Waals surface area (Å²) in [6, 6.07) is 8.01. The van der Waals surface area contributed by atoms with Gasteiger partial charge in [-0.25, -0.2) is 13.2 Å². The zero-order valence-corrected chi connectivity index (χ0v) is 17.8. The maximum atomic E-state index is 14.0. The molecule has 8 nitrogen and oxygen atoms in total. The Balaban J connectivity index is 1.27. The molecule has 3 atom stereocenters. The molecule has 3 heterocycles. The van der Waals surface area contributed by atoms with Crippen molar-refractivity contribution in [3.05, 3.63) is 71.4 Å². The van der Waals surface area contributed by atoms with Crippen molar-refractivity contribution in [2.24, 2.45) is 0 Å². The predicted octanol–water partition coefficient (Wildman–Crippen LogP) is 2.07. The van der Waals surface area contributed by atoms with Crippen molar-refractivity contribution < 1.29 is 27.2 Å². The third-order valence-corrected chi connectivity index (χ3v) is 6.12. The van der Waals surface area contributed by atoms with Crippen molar-refractivity contribution in [2.45, 2.75) is 31.0 Å². The zero-order valence-electron chi connectivity index (χ0n) is 17.8. The summed E-state index contributed by atoms with van der Waals surface area (Å²) in [6.45, 7) is 0.725. The van der Waals surface area contributed by atoms with Gasteiger partial charge in [0.05, 0.1) is 11.6 Å². The first-order valence-electron chi connectivity index (χ1n) is 10.8. The summed E-state index contributed by atoms with van der Waals surface area (Å²) in [5.74, 6) is -2.94. The number of amides is 2. The smallest absolute Gasteiger partial charge is 0.251 e. The molecular formula is C23H20F3N5O3. The van der Waals surface area contributed by atoms with E-state index < -0.39 is 29.4 Å². The largest absolute Gasteiger partial charge is 0.421 e. The van der Waals surface area contributed by atoms with Gasteiger partial charge in [0, 0.05) is 37.2 Å². The number of carbonyl (C=O) groups is 2. The van der Waals surface area contributed by atoms with Crippen LogP contribution in [0.2, 0.25) is 0 Å². The summed E-state index contributed by atoms with van der Waals surface area (Å²) in [5, 5.41) is 13.6. The maximum absolute atomic E-state index is 14.0. The summed E-state index contributed by atoms with van der Waals surface area (Å²) in [6.07, 6.45) is 0.685. The highest BCUT2D eigenvalue weighted by Crippen LogP contribution is 2.27.